The Bertz CT molecular complexity index is 1200. The van der Waals surface area contributed by atoms with Crippen molar-refractivity contribution in [2.24, 2.45) is 5.73 Å². The SMILES string of the molecule is COc1cccc(-c2nc3n(n2)[C@H](c2ccc4c(c2)OCO4)C(C(N)=O)=C(C)N3)c1. The van der Waals surface area contributed by atoms with E-state index in [0.717, 1.165) is 11.1 Å². The van der Waals surface area contributed by atoms with Crippen LogP contribution >= 0.6 is 0 Å². The van der Waals surface area contributed by atoms with Crippen LogP contribution in [0.15, 0.2) is 53.7 Å². The first-order valence-corrected chi connectivity index (χ1v) is 9.33. The van der Waals surface area contributed by atoms with Crippen molar-refractivity contribution >= 4 is 11.9 Å². The van der Waals surface area contributed by atoms with Gasteiger partial charge >= 0.3 is 0 Å². The van der Waals surface area contributed by atoms with Crippen LogP contribution in [0.2, 0.25) is 0 Å². The van der Waals surface area contributed by atoms with E-state index in [4.69, 9.17) is 19.9 Å². The molecule has 5 rings (SSSR count). The van der Waals surface area contributed by atoms with Gasteiger partial charge in [0.15, 0.2) is 17.3 Å². The lowest BCUT2D eigenvalue weighted by Crippen LogP contribution is -2.31. The number of hydrogen-bond acceptors (Lipinski definition) is 7. The van der Waals surface area contributed by atoms with E-state index < -0.39 is 11.9 Å². The Balaban J connectivity index is 1.65. The Kier molecular flexibility index (Phi) is 4.09. The molecule has 1 atom stereocenters. The van der Waals surface area contributed by atoms with E-state index in [1.807, 2.05) is 42.5 Å². The topological polar surface area (TPSA) is 114 Å². The number of nitrogens with two attached hydrogens (primary N) is 1. The van der Waals surface area contributed by atoms with Gasteiger partial charge in [0.25, 0.3) is 0 Å². The van der Waals surface area contributed by atoms with Gasteiger partial charge in [-0.3, -0.25) is 4.79 Å². The lowest BCUT2D eigenvalue weighted by Gasteiger charge is -2.27. The molecule has 0 fully saturated rings. The van der Waals surface area contributed by atoms with Gasteiger partial charge in [-0.2, -0.15) is 4.98 Å². The molecule has 1 aromatic heterocycles. The van der Waals surface area contributed by atoms with Gasteiger partial charge < -0.3 is 25.3 Å². The van der Waals surface area contributed by atoms with Crippen LogP contribution in [-0.2, 0) is 4.79 Å². The molecule has 0 aliphatic carbocycles. The monoisotopic (exact) mass is 405 g/mol. The van der Waals surface area contributed by atoms with Gasteiger partial charge in [-0.15, -0.1) is 5.10 Å². The summed E-state index contributed by atoms with van der Waals surface area (Å²) in [6, 6.07) is 12.4. The Morgan fingerprint density at radius 3 is 2.87 bits per heavy atom. The van der Waals surface area contributed by atoms with Gasteiger partial charge in [-0.25, -0.2) is 4.68 Å². The Morgan fingerprint density at radius 2 is 2.07 bits per heavy atom. The van der Waals surface area contributed by atoms with Crippen LogP contribution in [0.4, 0.5) is 5.95 Å². The molecule has 0 spiro atoms. The minimum Gasteiger partial charge on any atom is -0.497 e. The fraction of sp³-hybridized carbons (Fsp3) is 0.190. The maximum atomic E-state index is 12.3. The normalized spacial score (nSPS) is 16.8. The quantitative estimate of drug-likeness (QED) is 0.685. The summed E-state index contributed by atoms with van der Waals surface area (Å²) in [5.74, 6) is 2.45. The molecule has 0 saturated heterocycles. The average Bonchev–Trinajstić information content (AvgIpc) is 3.38. The lowest BCUT2D eigenvalue weighted by molar-refractivity contribution is -0.115. The molecule has 1 amide bonds. The maximum Gasteiger partial charge on any atom is 0.248 e. The van der Waals surface area contributed by atoms with E-state index in [1.165, 1.54) is 0 Å². The molecule has 9 nitrogen and oxygen atoms in total. The molecule has 0 radical (unpaired) electrons. The zero-order chi connectivity index (χ0) is 20.8. The molecule has 2 aliphatic rings. The van der Waals surface area contributed by atoms with Gasteiger partial charge in [-0.05, 0) is 36.8 Å². The van der Waals surface area contributed by atoms with Crippen molar-refractivity contribution in [3.63, 3.8) is 0 Å². The van der Waals surface area contributed by atoms with Gasteiger partial charge in [0, 0.05) is 11.3 Å². The van der Waals surface area contributed by atoms with Crippen molar-refractivity contribution in [1.29, 1.82) is 0 Å². The Morgan fingerprint density at radius 1 is 1.23 bits per heavy atom. The summed E-state index contributed by atoms with van der Waals surface area (Å²) in [5, 5.41) is 7.83. The van der Waals surface area contributed by atoms with Crippen molar-refractivity contribution in [2.75, 3.05) is 19.2 Å². The van der Waals surface area contributed by atoms with E-state index in [1.54, 1.807) is 18.7 Å². The molecule has 3 aromatic rings. The number of allylic oxidation sites excluding steroid dienone is 1. The zero-order valence-corrected chi connectivity index (χ0v) is 16.4. The summed E-state index contributed by atoms with van der Waals surface area (Å²) in [6.45, 7) is 1.96. The number of nitrogens with one attached hydrogen (secondary N) is 1. The van der Waals surface area contributed by atoms with E-state index in [-0.39, 0.29) is 6.79 Å². The molecular weight excluding hydrogens is 386 g/mol. The summed E-state index contributed by atoms with van der Waals surface area (Å²) >= 11 is 0. The van der Waals surface area contributed by atoms with Crippen LogP contribution < -0.4 is 25.3 Å². The number of ether oxygens (including phenoxy) is 3. The second-order valence-electron chi connectivity index (χ2n) is 6.98. The average molecular weight is 405 g/mol. The highest BCUT2D eigenvalue weighted by Crippen LogP contribution is 2.40. The number of carbonyl (C=O) groups is 1. The van der Waals surface area contributed by atoms with Gasteiger partial charge in [-0.1, -0.05) is 18.2 Å². The molecule has 0 saturated carbocycles. The number of rotatable bonds is 4. The van der Waals surface area contributed by atoms with Crippen LogP contribution in [0, 0.1) is 0 Å². The van der Waals surface area contributed by atoms with Crippen molar-refractivity contribution in [2.45, 2.75) is 13.0 Å². The molecule has 2 aromatic carbocycles. The third kappa shape index (κ3) is 2.83. The highest BCUT2D eigenvalue weighted by Gasteiger charge is 2.34. The van der Waals surface area contributed by atoms with Crippen LogP contribution in [0.3, 0.4) is 0 Å². The van der Waals surface area contributed by atoms with Crippen LogP contribution in [-0.4, -0.2) is 34.6 Å². The van der Waals surface area contributed by atoms with E-state index in [0.29, 0.717) is 40.3 Å². The lowest BCUT2D eigenvalue weighted by atomic mass is 9.95. The summed E-state index contributed by atoms with van der Waals surface area (Å²) in [5.41, 5.74) is 8.35. The first-order chi connectivity index (χ1) is 14.5. The number of methoxy groups -OCH3 is 1. The molecular formula is C21H19N5O4. The zero-order valence-electron chi connectivity index (χ0n) is 16.4. The number of fused-ring (bicyclic) bond motifs is 2. The first-order valence-electron chi connectivity index (χ1n) is 9.33. The largest absolute Gasteiger partial charge is 0.497 e. The predicted octanol–water partition coefficient (Wildman–Crippen LogP) is 2.46. The predicted molar refractivity (Wildman–Crippen MR) is 108 cm³/mol. The van der Waals surface area contributed by atoms with Crippen LogP contribution in [0.25, 0.3) is 11.4 Å². The molecule has 2 aliphatic heterocycles. The molecule has 9 heteroatoms. The first kappa shape index (κ1) is 18.0. The molecule has 152 valence electrons. The number of primary amides is 1. The van der Waals surface area contributed by atoms with Crippen molar-refractivity contribution < 1.29 is 19.0 Å². The van der Waals surface area contributed by atoms with E-state index in [9.17, 15) is 4.79 Å². The van der Waals surface area contributed by atoms with Gasteiger partial charge in [0.05, 0.1) is 12.7 Å². The maximum absolute atomic E-state index is 12.3. The fourth-order valence-corrected chi connectivity index (χ4v) is 3.75. The number of benzene rings is 2. The number of aromatic nitrogens is 3. The third-order valence-corrected chi connectivity index (χ3v) is 5.16. The second-order valence-corrected chi connectivity index (χ2v) is 6.98. The Hall–Kier alpha value is -4.01. The van der Waals surface area contributed by atoms with Gasteiger partial charge in [0.1, 0.15) is 11.8 Å². The summed E-state index contributed by atoms with van der Waals surface area (Å²) < 4.78 is 17.9. The number of hydrogen-bond donors (Lipinski definition) is 2. The standard InChI is InChI=1S/C21H19N5O4/c1-11-17(19(22)27)18(12-6-7-15-16(9-12)30-10-29-15)26-21(23-11)24-20(25-26)13-4-3-5-14(8-13)28-2/h3-9,18H,10H2,1-2H3,(H2,22,27)(H,23,24,25)/t18-/m1/s1. The van der Waals surface area contributed by atoms with Crippen molar-refractivity contribution in [1.82, 2.24) is 14.8 Å². The summed E-state index contributed by atoms with van der Waals surface area (Å²) in [7, 11) is 1.61. The summed E-state index contributed by atoms with van der Waals surface area (Å²) in [6.07, 6.45) is 0. The Labute approximate surface area is 172 Å². The minimum absolute atomic E-state index is 0.164. The van der Waals surface area contributed by atoms with E-state index in [2.05, 4.69) is 15.4 Å². The van der Waals surface area contributed by atoms with Crippen LogP contribution in [0.1, 0.15) is 18.5 Å². The second kappa shape index (κ2) is 6.80. The molecule has 0 unspecified atom stereocenters. The molecule has 3 heterocycles. The van der Waals surface area contributed by atoms with Crippen LogP contribution in [0.5, 0.6) is 17.2 Å². The fourth-order valence-electron chi connectivity index (χ4n) is 3.75. The van der Waals surface area contributed by atoms with Gasteiger partial charge in [0.2, 0.25) is 18.6 Å². The molecule has 0 bridgehead atoms. The number of carbonyl (C=O) groups excluding carboxylic acids is 1. The number of amides is 1. The minimum atomic E-state index is -0.555. The molecule has 30 heavy (non-hydrogen) atoms. The van der Waals surface area contributed by atoms with Crippen molar-refractivity contribution in [3.05, 3.63) is 59.3 Å². The number of anilines is 1. The highest BCUT2D eigenvalue weighted by atomic mass is 16.7. The van der Waals surface area contributed by atoms with E-state index >= 15 is 0 Å². The smallest absolute Gasteiger partial charge is 0.248 e. The molecule has 3 N–H and O–H groups in total. The third-order valence-electron chi connectivity index (χ3n) is 5.16. The summed E-state index contributed by atoms with van der Waals surface area (Å²) in [4.78, 5) is 17.0. The van der Waals surface area contributed by atoms with Crippen molar-refractivity contribution in [3.8, 4) is 28.6 Å². The highest BCUT2D eigenvalue weighted by molar-refractivity contribution is 5.95. The number of nitrogens with zero attached hydrogens (tertiary/aromatic N) is 3.